The Kier molecular flexibility index (Phi) is 6.03. The number of ether oxygens (including phenoxy) is 1. The van der Waals surface area contributed by atoms with Crippen LogP contribution in [0.15, 0.2) is 35.2 Å². The van der Waals surface area contributed by atoms with Gasteiger partial charge >= 0.3 is 0 Å². The van der Waals surface area contributed by atoms with Crippen molar-refractivity contribution in [2.75, 3.05) is 44.9 Å². The lowest BCUT2D eigenvalue weighted by molar-refractivity contribution is -0.937. The molecule has 0 aromatic heterocycles. The average Bonchev–Trinajstić information content (AvgIpc) is 2.90. The highest BCUT2D eigenvalue weighted by atomic mass is 32.2. The van der Waals surface area contributed by atoms with Crippen LogP contribution in [-0.2, 0) is 24.7 Å². The van der Waals surface area contributed by atoms with Gasteiger partial charge in [-0.3, -0.25) is 0 Å². The fourth-order valence-corrected chi connectivity index (χ4v) is 5.38. The predicted octanol–water partition coefficient (Wildman–Crippen LogP) is 0.241. The largest absolute Gasteiger partial charge is 0.744 e. The van der Waals surface area contributed by atoms with E-state index in [0.717, 1.165) is 37.2 Å². The molecule has 0 spiro atoms. The van der Waals surface area contributed by atoms with E-state index in [1.165, 1.54) is 24.3 Å². The van der Waals surface area contributed by atoms with Crippen molar-refractivity contribution in [2.24, 2.45) is 0 Å². The molecule has 0 bridgehead atoms. The number of nitrogens with zero attached hydrogens (tertiary/aromatic N) is 1. The van der Waals surface area contributed by atoms with Gasteiger partial charge < -0.3 is 13.8 Å². The zero-order valence-corrected chi connectivity index (χ0v) is 15.3. The summed E-state index contributed by atoms with van der Waals surface area (Å²) in [7, 11) is -4.83. The Morgan fingerprint density at radius 2 is 1.75 bits per heavy atom. The lowest BCUT2D eigenvalue weighted by Gasteiger charge is -2.42. The quantitative estimate of drug-likeness (QED) is 0.541. The van der Waals surface area contributed by atoms with E-state index in [-0.39, 0.29) is 4.90 Å². The summed E-state index contributed by atoms with van der Waals surface area (Å²) in [5.41, 5.74) is 0. The maximum absolute atomic E-state index is 11.4. The van der Waals surface area contributed by atoms with E-state index in [9.17, 15) is 21.4 Å². The average molecular weight is 377 g/mol. The summed E-state index contributed by atoms with van der Waals surface area (Å²) < 4.78 is 59.8. The second kappa shape index (κ2) is 7.49. The number of sulfone groups is 1. The molecule has 3 rings (SSSR count). The molecule has 1 aromatic carbocycles. The third-order valence-corrected chi connectivity index (χ3v) is 7.21. The molecule has 0 amide bonds. The molecule has 0 N–H and O–H groups in total. The molecule has 136 valence electrons. The number of rotatable bonds is 2. The van der Waals surface area contributed by atoms with Gasteiger partial charge in [0.1, 0.15) is 35.0 Å². The number of quaternary nitrogens is 1. The van der Waals surface area contributed by atoms with E-state index in [1.807, 2.05) is 0 Å². The lowest BCUT2D eigenvalue weighted by atomic mass is 10.1. The number of hydrogen-bond acceptors (Lipinski definition) is 6. The van der Waals surface area contributed by atoms with Crippen molar-refractivity contribution in [3.8, 4) is 0 Å². The van der Waals surface area contributed by atoms with Crippen LogP contribution in [0.25, 0.3) is 0 Å². The van der Waals surface area contributed by atoms with Crippen molar-refractivity contribution in [2.45, 2.75) is 17.4 Å². The van der Waals surface area contributed by atoms with Gasteiger partial charge in [-0.2, -0.15) is 0 Å². The second-order valence-electron chi connectivity index (χ2n) is 6.36. The van der Waals surface area contributed by atoms with Crippen LogP contribution in [0.4, 0.5) is 0 Å². The van der Waals surface area contributed by atoms with Crippen molar-refractivity contribution in [1.82, 2.24) is 0 Å². The summed E-state index contributed by atoms with van der Waals surface area (Å²) in [4.78, 5) is -0.185. The molecule has 2 aliphatic heterocycles. The molecule has 2 aliphatic rings. The van der Waals surface area contributed by atoms with Crippen LogP contribution >= 0.6 is 0 Å². The summed E-state index contributed by atoms with van der Waals surface area (Å²) in [6.45, 7) is 3.46. The molecular weight excluding hydrogens is 354 g/mol. The van der Waals surface area contributed by atoms with E-state index < -0.39 is 20.0 Å². The third kappa shape index (κ3) is 5.25. The number of morpholine rings is 1. The molecule has 7 nitrogen and oxygen atoms in total. The van der Waals surface area contributed by atoms with E-state index in [0.29, 0.717) is 17.5 Å². The molecule has 1 aromatic rings. The highest BCUT2D eigenvalue weighted by Crippen LogP contribution is 2.24. The van der Waals surface area contributed by atoms with Crippen LogP contribution in [-0.4, -0.2) is 76.8 Å². The van der Waals surface area contributed by atoms with Crippen LogP contribution < -0.4 is 0 Å². The SMILES string of the molecule is C[N+]1(C2CCS(=O)(=O)C2)CCOCC1.O=S(=O)([O-])c1ccccc1. The number of hydrogen-bond donors (Lipinski definition) is 0. The van der Waals surface area contributed by atoms with Gasteiger partial charge in [-0.25, -0.2) is 16.8 Å². The normalized spacial score (nSPS) is 25.5. The third-order valence-electron chi connectivity index (χ3n) is 4.61. The van der Waals surface area contributed by atoms with Crippen molar-refractivity contribution in [3.63, 3.8) is 0 Å². The van der Waals surface area contributed by atoms with Crippen LogP contribution in [0.3, 0.4) is 0 Å². The summed E-state index contributed by atoms with van der Waals surface area (Å²) in [6.07, 6.45) is 0.832. The van der Waals surface area contributed by atoms with Crippen molar-refractivity contribution in [1.29, 1.82) is 0 Å². The smallest absolute Gasteiger partial charge is 0.156 e. The second-order valence-corrected chi connectivity index (χ2v) is 9.97. The monoisotopic (exact) mass is 377 g/mol. The molecule has 24 heavy (non-hydrogen) atoms. The van der Waals surface area contributed by atoms with E-state index in [1.54, 1.807) is 6.07 Å². The molecule has 2 heterocycles. The first-order valence-electron chi connectivity index (χ1n) is 7.76. The van der Waals surface area contributed by atoms with Crippen molar-refractivity contribution >= 4 is 20.0 Å². The van der Waals surface area contributed by atoms with Gasteiger partial charge in [0.05, 0.1) is 30.9 Å². The van der Waals surface area contributed by atoms with Gasteiger partial charge in [0.15, 0.2) is 9.84 Å². The van der Waals surface area contributed by atoms with Gasteiger partial charge in [0.25, 0.3) is 0 Å². The topological polar surface area (TPSA) is 101 Å². The minimum Gasteiger partial charge on any atom is -0.744 e. The van der Waals surface area contributed by atoms with E-state index in [4.69, 9.17) is 4.74 Å². The number of likely N-dealkylation sites (N-methyl/N-ethyl adjacent to an activating group) is 1. The molecule has 0 aliphatic carbocycles. The first-order valence-corrected chi connectivity index (χ1v) is 11.0. The predicted molar refractivity (Wildman–Crippen MR) is 88.2 cm³/mol. The van der Waals surface area contributed by atoms with Gasteiger partial charge in [0.2, 0.25) is 0 Å². The molecule has 1 unspecified atom stereocenters. The maximum Gasteiger partial charge on any atom is 0.156 e. The molecule has 2 saturated heterocycles. The first-order chi connectivity index (χ1) is 11.1. The van der Waals surface area contributed by atoms with Crippen LogP contribution in [0.5, 0.6) is 0 Å². The molecule has 0 saturated carbocycles. The van der Waals surface area contributed by atoms with E-state index >= 15 is 0 Å². The summed E-state index contributed by atoms with van der Waals surface area (Å²) in [5.74, 6) is 0.760. The maximum atomic E-state index is 11.4. The zero-order chi connectivity index (χ0) is 17.8. The van der Waals surface area contributed by atoms with Crippen LogP contribution in [0.2, 0.25) is 0 Å². The van der Waals surface area contributed by atoms with Gasteiger partial charge in [-0.05, 0) is 12.1 Å². The zero-order valence-electron chi connectivity index (χ0n) is 13.6. The Balaban J connectivity index is 0.000000185. The Morgan fingerprint density at radius 1 is 1.17 bits per heavy atom. The van der Waals surface area contributed by atoms with E-state index in [2.05, 4.69) is 7.05 Å². The fraction of sp³-hybridized carbons (Fsp3) is 0.600. The van der Waals surface area contributed by atoms with Crippen molar-refractivity contribution in [3.05, 3.63) is 30.3 Å². The van der Waals surface area contributed by atoms with Crippen LogP contribution in [0, 0.1) is 0 Å². The minimum atomic E-state index is -4.25. The lowest BCUT2D eigenvalue weighted by Crippen LogP contribution is -2.58. The molecular formula is C15H23NO6S2. The molecule has 9 heteroatoms. The molecule has 2 fully saturated rings. The molecule has 0 radical (unpaired) electrons. The highest BCUT2D eigenvalue weighted by Gasteiger charge is 2.42. The molecule has 1 atom stereocenters. The standard InChI is InChI=1S/C9H18NO3S.C6H6O3S/c1-10(3-5-13-6-4-10)9-2-7-14(11,12)8-9;7-10(8,9)6-4-2-1-3-5-6/h9H,2-8H2,1H3;1-5H,(H,7,8,9)/q+1;/p-1. The van der Waals surface area contributed by atoms with Gasteiger partial charge in [-0.15, -0.1) is 0 Å². The number of benzene rings is 1. The first kappa shape index (κ1) is 19.3. The van der Waals surface area contributed by atoms with Crippen molar-refractivity contribution < 1.29 is 30.6 Å². The summed E-state index contributed by atoms with van der Waals surface area (Å²) in [6, 6.07) is 7.50. The fourth-order valence-electron chi connectivity index (χ4n) is 2.98. The van der Waals surface area contributed by atoms with Gasteiger partial charge in [0, 0.05) is 6.42 Å². The Hall–Kier alpha value is -1.00. The van der Waals surface area contributed by atoms with Gasteiger partial charge in [-0.1, -0.05) is 18.2 Å². The Labute approximate surface area is 143 Å². The summed E-state index contributed by atoms with van der Waals surface area (Å²) >= 11 is 0. The van der Waals surface area contributed by atoms with Crippen LogP contribution in [0.1, 0.15) is 6.42 Å². The summed E-state index contributed by atoms with van der Waals surface area (Å²) in [5, 5.41) is 0. The minimum absolute atomic E-state index is 0.185. The Morgan fingerprint density at radius 3 is 2.17 bits per heavy atom. The Bertz CT molecular complexity index is 739. The highest BCUT2D eigenvalue weighted by molar-refractivity contribution is 7.91.